The highest BCUT2D eigenvalue weighted by Crippen LogP contribution is 2.16. The standard InChI is InChI=1S/C14H20FN3O2/c1-2-16-13-12(7-11(15)9-17-13)14(19)18-8-10-3-5-20-6-4-10/h7,9-10H,2-6,8H2,1H3,(H,16,17)(H,18,19). The highest BCUT2D eigenvalue weighted by atomic mass is 19.1. The SMILES string of the molecule is CCNc1ncc(F)cc1C(=O)NCC1CCOCC1. The zero-order valence-corrected chi connectivity index (χ0v) is 11.6. The second kappa shape index (κ2) is 7.19. The van der Waals surface area contributed by atoms with Gasteiger partial charge in [0.25, 0.3) is 5.91 Å². The lowest BCUT2D eigenvalue weighted by atomic mass is 10.0. The van der Waals surface area contributed by atoms with E-state index < -0.39 is 5.82 Å². The van der Waals surface area contributed by atoms with Crippen LogP contribution in [-0.2, 0) is 4.74 Å². The van der Waals surface area contributed by atoms with Crippen LogP contribution in [0.15, 0.2) is 12.3 Å². The third-order valence-corrected chi connectivity index (χ3v) is 3.34. The lowest BCUT2D eigenvalue weighted by Crippen LogP contribution is -2.32. The zero-order chi connectivity index (χ0) is 14.4. The lowest BCUT2D eigenvalue weighted by molar-refractivity contribution is 0.0642. The number of pyridine rings is 1. The van der Waals surface area contributed by atoms with Crippen molar-refractivity contribution in [1.29, 1.82) is 0 Å². The van der Waals surface area contributed by atoms with Gasteiger partial charge in [0.15, 0.2) is 0 Å². The molecule has 0 aromatic carbocycles. The number of aromatic nitrogens is 1. The van der Waals surface area contributed by atoms with E-state index in [1.165, 1.54) is 6.07 Å². The number of anilines is 1. The predicted octanol–water partition coefficient (Wildman–Crippen LogP) is 1.81. The Labute approximate surface area is 117 Å². The number of nitrogens with one attached hydrogen (secondary N) is 2. The molecule has 0 spiro atoms. The Morgan fingerprint density at radius 1 is 1.50 bits per heavy atom. The number of ether oxygens (including phenoxy) is 1. The molecule has 2 heterocycles. The highest BCUT2D eigenvalue weighted by Gasteiger charge is 2.17. The molecule has 0 saturated carbocycles. The first-order valence-corrected chi connectivity index (χ1v) is 6.96. The fourth-order valence-electron chi connectivity index (χ4n) is 2.20. The highest BCUT2D eigenvalue weighted by molar-refractivity contribution is 5.98. The van der Waals surface area contributed by atoms with E-state index in [9.17, 15) is 9.18 Å². The molecule has 0 aliphatic carbocycles. The van der Waals surface area contributed by atoms with Crippen LogP contribution in [0, 0.1) is 11.7 Å². The minimum atomic E-state index is -0.511. The number of amides is 1. The van der Waals surface area contributed by atoms with Crippen LogP contribution in [0.3, 0.4) is 0 Å². The molecule has 1 aliphatic heterocycles. The van der Waals surface area contributed by atoms with Gasteiger partial charge >= 0.3 is 0 Å². The average molecular weight is 281 g/mol. The quantitative estimate of drug-likeness (QED) is 0.864. The van der Waals surface area contributed by atoms with Crippen LogP contribution in [0.5, 0.6) is 0 Å². The van der Waals surface area contributed by atoms with Gasteiger partial charge in [-0.15, -0.1) is 0 Å². The average Bonchev–Trinajstić information content (AvgIpc) is 2.48. The van der Waals surface area contributed by atoms with Crippen LogP contribution in [0.4, 0.5) is 10.2 Å². The Balaban J connectivity index is 1.98. The first-order chi connectivity index (χ1) is 9.70. The van der Waals surface area contributed by atoms with Gasteiger partial charge in [-0.1, -0.05) is 0 Å². The normalized spacial score (nSPS) is 15.9. The lowest BCUT2D eigenvalue weighted by Gasteiger charge is -2.22. The molecule has 110 valence electrons. The summed E-state index contributed by atoms with van der Waals surface area (Å²) >= 11 is 0. The maximum Gasteiger partial charge on any atom is 0.255 e. The molecule has 0 atom stereocenters. The second-order valence-corrected chi connectivity index (χ2v) is 4.85. The maximum atomic E-state index is 13.3. The van der Waals surface area contributed by atoms with E-state index in [1.54, 1.807) is 0 Å². The Hall–Kier alpha value is -1.69. The molecule has 1 amide bonds. The topological polar surface area (TPSA) is 63.2 Å². The Morgan fingerprint density at radius 3 is 2.95 bits per heavy atom. The summed E-state index contributed by atoms with van der Waals surface area (Å²) in [5.74, 6) is 0.0393. The van der Waals surface area contributed by atoms with Crippen molar-refractivity contribution in [3.63, 3.8) is 0 Å². The minimum Gasteiger partial charge on any atom is -0.381 e. The first-order valence-electron chi connectivity index (χ1n) is 6.96. The van der Waals surface area contributed by atoms with Crippen molar-refractivity contribution in [2.75, 3.05) is 31.6 Å². The van der Waals surface area contributed by atoms with Gasteiger partial charge in [-0.2, -0.15) is 0 Å². The molecule has 2 N–H and O–H groups in total. The Morgan fingerprint density at radius 2 is 2.25 bits per heavy atom. The van der Waals surface area contributed by atoms with Crippen LogP contribution < -0.4 is 10.6 Å². The summed E-state index contributed by atoms with van der Waals surface area (Å²) in [6.07, 6.45) is 3.00. The fraction of sp³-hybridized carbons (Fsp3) is 0.571. The summed E-state index contributed by atoms with van der Waals surface area (Å²) in [6.45, 7) is 4.59. The number of carbonyl (C=O) groups is 1. The molecule has 1 fully saturated rings. The van der Waals surface area contributed by atoms with E-state index in [0.717, 1.165) is 32.3 Å². The van der Waals surface area contributed by atoms with Crippen molar-refractivity contribution in [2.45, 2.75) is 19.8 Å². The van der Waals surface area contributed by atoms with E-state index >= 15 is 0 Å². The van der Waals surface area contributed by atoms with Crippen molar-refractivity contribution in [2.24, 2.45) is 5.92 Å². The van der Waals surface area contributed by atoms with Crippen molar-refractivity contribution in [3.05, 3.63) is 23.6 Å². The largest absolute Gasteiger partial charge is 0.381 e. The molecule has 1 aliphatic rings. The summed E-state index contributed by atoms with van der Waals surface area (Å²) in [6, 6.07) is 1.21. The van der Waals surface area contributed by atoms with Crippen molar-refractivity contribution in [1.82, 2.24) is 10.3 Å². The van der Waals surface area contributed by atoms with E-state index in [0.29, 0.717) is 24.8 Å². The zero-order valence-electron chi connectivity index (χ0n) is 11.6. The van der Waals surface area contributed by atoms with Gasteiger partial charge < -0.3 is 15.4 Å². The second-order valence-electron chi connectivity index (χ2n) is 4.85. The van der Waals surface area contributed by atoms with Crippen molar-refractivity contribution < 1.29 is 13.9 Å². The van der Waals surface area contributed by atoms with Crippen LogP contribution in [-0.4, -0.2) is 37.2 Å². The van der Waals surface area contributed by atoms with Gasteiger partial charge in [0, 0.05) is 26.3 Å². The van der Waals surface area contributed by atoms with Gasteiger partial charge in [-0.25, -0.2) is 9.37 Å². The summed E-state index contributed by atoms with van der Waals surface area (Å²) in [5.41, 5.74) is 0.249. The number of nitrogens with zero attached hydrogens (tertiary/aromatic N) is 1. The number of hydrogen-bond acceptors (Lipinski definition) is 4. The summed E-state index contributed by atoms with van der Waals surface area (Å²) in [5, 5.41) is 5.82. The van der Waals surface area contributed by atoms with Crippen molar-refractivity contribution >= 4 is 11.7 Å². The third kappa shape index (κ3) is 3.90. The Kier molecular flexibility index (Phi) is 5.29. The predicted molar refractivity (Wildman–Crippen MR) is 74.2 cm³/mol. The third-order valence-electron chi connectivity index (χ3n) is 3.34. The number of hydrogen-bond donors (Lipinski definition) is 2. The van der Waals surface area contributed by atoms with Crippen LogP contribution in [0.1, 0.15) is 30.1 Å². The van der Waals surface area contributed by atoms with E-state index in [-0.39, 0.29) is 11.5 Å². The van der Waals surface area contributed by atoms with Gasteiger partial charge in [0.1, 0.15) is 11.6 Å². The molecule has 20 heavy (non-hydrogen) atoms. The van der Waals surface area contributed by atoms with Crippen LogP contribution >= 0.6 is 0 Å². The monoisotopic (exact) mass is 281 g/mol. The Bertz CT molecular complexity index is 462. The smallest absolute Gasteiger partial charge is 0.255 e. The molecule has 0 radical (unpaired) electrons. The molecule has 6 heteroatoms. The fourth-order valence-corrected chi connectivity index (χ4v) is 2.20. The van der Waals surface area contributed by atoms with Crippen molar-refractivity contribution in [3.8, 4) is 0 Å². The molecule has 0 unspecified atom stereocenters. The van der Waals surface area contributed by atoms with Gasteiger partial charge in [-0.05, 0) is 31.7 Å². The first kappa shape index (κ1) is 14.7. The summed E-state index contributed by atoms with van der Waals surface area (Å²) in [7, 11) is 0. The van der Waals surface area contributed by atoms with E-state index in [2.05, 4.69) is 15.6 Å². The minimum absolute atomic E-state index is 0.249. The molecule has 1 aromatic heterocycles. The van der Waals surface area contributed by atoms with E-state index in [4.69, 9.17) is 4.74 Å². The molecule has 0 bridgehead atoms. The number of carbonyl (C=O) groups excluding carboxylic acids is 1. The maximum absolute atomic E-state index is 13.3. The molecule has 1 saturated heterocycles. The summed E-state index contributed by atoms with van der Waals surface area (Å²) in [4.78, 5) is 16.1. The number of halogens is 1. The van der Waals surface area contributed by atoms with Gasteiger partial charge in [0.2, 0.25) is 0 Å². The van der Waals surface area contributed by atoms with Crippen LogP contribution in [0.2, 0.25) is 0 Å². The van der Waals surface area contributed by atoms with Gasteiger partial charge in [0.05, 0.1) is 11.8 Å². The van der Waals surface area contributed by atoms with Crippen LogP contribution in [0.25, 0.3) is 0 Å². The molecular formula is C14H20FN3O2. The summed E-state index contributed by atoms with van der Waals surface area (Å²) < 4.78 is 18.5. The molecular weight excluding hydrogens is 261 g/mol. The molecule has 5 nitrogen and oxygen atoms in total. The van der Waals surface area contributed by atoms with Gasteiger partial charge in [-0.3, -0.25) is 4.79 Å². The van der Waals surface area contributed by atoms with E-state index in [1.807, 2.05) is 6.92 Å². The molecule has 2 rings (SSSR count). The molecule has 1 aromatic rings. The number of rotatable bonds is 5.